The number of imide groups is 1. The van der Waals surface area contributed by atoms with Crippen LogP contribution in [0.1, 0.15) is 25.0 Å². The number of carbonyl (C=O) groups excluding carboxylic acids is 2. The average molecular weight is 463 g/mol. The van der Waals surface area contributed by atoms with Gasteiger partial charge in [0.1, 0.15) is 11.4 Å². The summed E-state index contributed by atoms with van der Waals surface area (Å²) >= 11 is 0. The number of amides is 2. The van der Waals surface area contributed by atoms with Crippen molar-refractivity contribution in [2.24, 2.45) is 0 Å². The summed E-state index contributed by atoms with van der Waals surface area (Å²) in [6.45, 7) is 5.86. The number of aryl methyl sites for hydroxylation is 1. The first kappa shape index (κ1) is 22.4. The van der Waals surface area contributed by atoms with Crippen LogP contribution in [0, 0.1) is 6.92 Å². The molecule has 5 heteroatoms. The predicted molar refractivity (Wildman–Crippen MR) is 140 cm³/mol. The van der Waals surface area contributed by atoms with Crippen molar-refractivity contribution in [1.29, 1.82) is 0 Å². The second-order valence-corrected chi connectivity index (χ2v) is 8.88. The van der Waals surface area contributed by atoms with E-state index in [0.29, 0.717) is 22.6 Å². The van der Waals surface area contributed by atoms with Gasteiger partial charge in [0.2, 0.25) is 0 Å². The van der Waals surface area contributed by atoms with Crippen LogP contribution >= 0.6 is 0 Å². The summed E-state index contributed by atoms with van der Waals surface area (Å²) in [7, 11) is 0. The number of rotatable bonds is 6. The van der Waals surface area contributed by atoms with E-state index in [1.54, 1.807) is 6.07 Å². The fourth-order valence-corrected chi connectivity index (χ4v) is 4.36. The third-order valence-corrected chi connectivity index (χ3v) is 5.91. The van der Waals surface area contributed by atoms with Crippen molar-refractivity contribution in [3.63, 3.8) is 0 Å². The fourth-order valence-electron chi connectivity index (χ4n) is 4.36. The summed E-state index contributed by atoms with van der Waals surface area (Å²) in [6.07, 6.45) is 0.0372. The van der Waals surface area contributed by atoms with Crippen molar-refractivity contribution >= 4 is 39.5 Å². The highest BCUT2D eigenvalue weighted by Crippen LogP contribution is 2.36. The van der Waals surface area contributed by atoms with Gasteiger partial charge in [0.05, 0.1) is 17.4 Å². The number of nitrogens with zero attached hydrogens (tertiary/aromatic N) is 1. The number of nitrogens with one attached hydrogen (secondary N) is 1. The van der Waals surface area contributed by atoms with Crippen LogP contribution in [0.25, 0.3) is 16.3 Å². The molecule has 0 unspecified atom stereocenters. The molecule has 174 valence electrons. The lowest BCUT2D eigenvalue weighted by molar-refractivity contribution is -0.120. The zero-order valence-corrected chi connectivity index (χ0v) is 19.9. The van der Waals surface area contributed by atoms with Gasteiger partial charge in [0.15, 0.2) is 0 Å². The minimum Gasteiger partial charge on any atom is -0.491 e. The van der Waals surface area contributed by atoms with Crippen molar-refractivity contribution in [1.82, 2.24) is 0 Å². The van der Waals surface area contributed by atoms with Gasteiger partial charge in [-0.15, -0.1) is 0 Å². The van der Waals surface area contributed by atoms with Gasteiger partial charge in [-0.2, -0.15) is 0 Å². The van der Waals surface area contributed by atoms with Gasteiger partial charge < -0.3 is 10.1 Å². The zero-order valence-electron chi connectivity index (χ0n) is 19.9. The number of ether oxygens (including phenoxy) is 1. The van der Waals surface area contributed by atoms with E-state index in [2.05, 4.69) is 5.32 Å². The lowest BCUT2D eigenvalue weighted by Gasteiger charge is -2.16. The zero-order chi connectivity index (χ0) is 24.5. The molecule has 0 saturated heterocycles. The topological polar surface area (TPSA) is 58.6 Å². The maximum atomic E-state index is 13.7. The van der Waals surface area contributed by atoms with E-state index < -0.39 is 0 Å². The lowest BCUT2D eigenvalue weighted by Crippen LogP contribution is -2.32. The molecule has 4 aromatic carbocycles. The molecule has 0 saturated carbocycles. The van der Waals surface area contributed by atoms with Gasteiger partial charge >= 0.3 is 0 Å². The summed E-state index contributed by atoms with van der Waals surface area (Å²) in [4.78, 5) is 28.7. The number of hydrogen-bond donors (Lipinski definition) is 1. The van der Waals surface area contributed by atoms with Gasteiger partial charge in [-0.25, -0.2) is 4.90 Å². The van der Waals surface area contributed by atoms with Crippen LogP contribution in [0.5, 0.6) is 5.75 Å². The molecular formula is C30H26N2O3. The molecule has 1 aliphatic heterocycles. The highest BCUT2D eigenvalue weighted by atomic mass is 16.5. The quantitative estimate of drug-likeness (QED) is 0.340. The highest BCUT2D eigenvalue weighted by Gasteiger charge is 2.40. The Balaban J connectivity index is 1.62. The SMILES string of the molecule is Cc1cccc(N2C(=O)C(Nc3cccc4ccccc34)=C(c3ccc(OC(C)C)cc3)C2=O)c1. The summed E-state index contributed by atoms with van der Waals surface area (Å²) in [5, 5.41) is 5.32. The molecule has 2 amide bonds. The summed E-state index contributed by atoms with van der Waals surface area (Å²) in [5.41, 5.74) is 3.52. The maximum Gasteiger partial charge on any atom is 0.282 e. The molecule has 4 aromatic rings. The van der Waals surface area contributed by atoms with Gasteiger partial charge in [0, 0.05) is 11.1 Å². The Kier molecular flexibility index (Phi) is 5.83. The van der Waals surface area contributed by atoms with E-state index in [1.165, 1.54) is 4.90 Å². The minimum absolute atomic E-state index is 0.0372. The first-order chi connectivity index (χ1) is 16.9. The molecule has 1 aliphatic rings. The van der Waals surface area contributed by atoms with Crippen LogP contribution in [0.3, 0.4) is 0 Å². The van der Waals surface area contributed by atoms with E-state index in [4.69, 9.17) is 4.74 Å². The largest absolute Gasteiger partial charge is 0.491 e. The Labute approximate surface area is 204 Å². The van der Waals surface area contributed by atoms with E-state index >= 15 is 0 Å². The molecule has 35 heavy (non-hydrogen) atoms. The van der Waals surface area contributed by atoms with Crippen LogP contribution in [-0.4, -0.2) is 17.9 Å². The van der Waals surface area contributed by atoms with Crippen molar-refractivity contribution in [2.45, 2.75) is 26.9 Å². The highest BCUT2D eigenvalue weighted by molar-refractivity contribution is 6.46. The monoisotopic (exact) mass is 462 g/mol. The molecule has 5 nitrogen and oxygen atoms in total. The van der Waals surface area contributed by atoms with Crippen LogP contribution in [0.4, 0.5) is 11.4 Å². The van der Waals surface area contributed by atoms with E-state index in [1.807, 2.05) is 106 Å². The lowest BCUT2D eigenvalue weighted by atomic mass is 10.0. The molecular weight excluding hydrogens is 436 g/mol. The Morgan fingerprint density at radius 3 is 2.26 bits per heavy atom. The van der Waals surface area contributed by atoms with Crippen LogP contribution in [0.15, 0.2) is 96.7 Å². The van der Waals surface area contributed by atoms with Crippen molar-refractivity contribution in [2.75, 3.05) is 10.2 Å². The molecule has 0 bridgehead atoms. The summed E-state index contributed by atoms with van der Waals surface area (Å²) in [6, 6.07) is 28.5. The second-order valence-electron chi connectivity index (χ2n) is 8.88. The molecule has 0 atom stereocenters. The third-order valence-electron chi connectivity index (χ3n) is 5.91. The van der Waals surface area contributed by atoms with Crippen LogP contribution in [0.2, 0.25) is 0 Å². The van der Waals surface area contributed by atoms with Gasteiger partial charge in [-0.05, 0) is 67.6 Å². The predicted octanol–water partition coefficient (Wildman–Crippen LogP) is 6.33. The number of hydrogen-bond acceptors (Lipinski definition) is 4. The molecule has 0 aliphatic carbocycles. The fraction of sp³-hybridized carbons (Fsp3) is 0.133. The van der Waals surface area contributed by atoms with Gasteiger partial charge in [0.25, 0.3) is 11.8 Å². The maximum absolute atomic E-state index is 13.7. The summed E-state index contributed by atoms with van der Waals surface area (Å²) in [5.74, 6) is -0.0351. The molecule has 5 rings (SSSR count). The Morgan fingerprint density at radius 2 is 1.51 bits per heavy atom. The standard InChI is InChI=1S/C30H26N2O3/c1-19(2)35-24-16-14-22(15-17-24)27-28(31-26-13-7-10-21-9-4-5-12-25(21)26)30(34)32(29(27)33)23-11-6-8-20(3)18-23/h4-19,31H,1-3H3. The molecule has 0 aromatic heterocycles. The minimum atomic E-state index is -0.383. The number of fused-ring (bicyclic) bond motifs is 1. The third kappa shape index (κ3) is 4.28. The van der Waals surface area contributed by atoms with Crippen molar-refractivity contribution < 1.29 is 14.3 Å². The molecule has 1 N–H and O–H groups in total. The van der Waals surface area contributed by atoms with E-state index in [-0.39, 0.29) is 23.6 Å². The number of carbonyl (C=O) groups is 2. The van der Waals surface area contributed by atoms with E-state index in [0.717, 1.165) is 22.0 Å². The smallest absolute Gasteiger partial charge is 0.282 e. The number of benzene rings is 4. The van der Waals surface area contributed by atoms with Crippen LogP contribution in [-0.2, 0) is 9.59 Å². The normalized spacial score (nSPS) is 13.8. The molecule has 0 radical (unpaired) electrons. The second kappa shape index (κ2) is 9.11. The Hall–Kier alpha value is -4.38. The van der Waals surface area contributed by atoms with Crippen molar-refractivity contribution in [3.8, 4) is 5.75 Å². The van der Waals surface area contributed by atoms with Crippen LogP contribution < -0.4 is 15.0 Å². The van der Waals surface area contributed by atoms with E-state index in [9.17, 15) is 9.59 Å². The van der Waals surface area contributed by atoms with Gasteiger partial charge in [-0.1, -0.05) is 60.7 Å². The molecule has 1 heterocycles. The summed E-state index contributed by atoms with van der Waals surface area (Å²) < 4.78 is 5.76. The molecule has 0 spiro atoms. The first-order valence-electron chi connectivity index (χ1n) is 11.6. The Morgan fingerprint density at radius 1 is 0.800 bits per heavy atom. The number of anilines is 2. The Bertz CT molecular complexity index is 1460. The molecule has 0 fully saturated rings. The average Bonchev–Trinajstić information content (AvgIpc) is 3.08. The first-order valence-corrected chi connectivity index (χ1v) is 11.6. The van der Waals surface area contributed by atoms with Gasteiger partial charge in [-0.3, -0.25) is 9.59 Å². The van der Waals surface area contributed by atoms with Crippen molar-refractivity contribution in [3.05, 3.63) is 108 Å².